The van der Waals surface area contributed by atoms with Crippen molar-refractivity contribution in [2.75, 3.05) is 19.8 Å². The molecule has 2 aliphatic rings. The Labute approximate surface area is 83.8 Å². The molecule has 1 amide bonds. The molecule has 80 valence electrons. The maximum atomic E-state index is 11.5. The van der Waals surface area contributed by atoms with Crippen LogP contribution in [-0.2, 0) is 4.74 Å². The van der Waals surface area contributed by atoms with Gasteiger partial charge in [-0.2, -0.15) is 0 Å². The molecule has 1 heterocycles. The van der Waals surface area contributed by atoms with Crippen molar-refractivity contribution in [1.29, 1.82) is 0 Å². The Kier molecular flexibility index (Phi) is 2.91. The molecule has 2 atom stereocenters. The van der Waals surface area contributed by atoms with E-state index >= 15 is 0 Å². The number of nitrogens with zero attached hydrogens (tertiary/aromatic N) is 1. The van der Waals surface area contributed by atoms with Crippen LogP contribution in [0.5, 0.6) is 0 Å². The van der Waals surface area contributed by atoms with Gasteiger partial charge in [0.15, 0.2) is 0 Å². The molecule has 4 heteroatoms. The van der Waals surface area contributed by atoms with Crippen LogP contribution < -0.4 is 0 Å². The van der Waals surface area contributed by atoms with E-state index in [1.165, 1.54) is 12.8 Å². The van der Waals surface area contributed by atoms with E-state index in [9.17, 15) is 4.79 Å². The smallest absolute Gasteiger partial charge is 0.410 e. The Morgan fingerprint density at radius 2 is 2.36 bits per heavy atom. The zero-order chi connectivity index (χ0) is 9.97. The minimum Gasteiger partial charge on any atom is -0.449 e. The Morgan fingerprint density at radius 1 is 1.50 bits per heavy atom. The van der Waals surface area contributed by atoms with Crippen LogP contribution in [0.2, 0.25) is 0 Å². The largest absolute Gasteiger partial charge is 0.449 e. The van der Waals surface area contributed by atoms with Gasteiger partial charge in [-0.05, 0) is 19.3 Å². The summed E-state index contributed by atoms with van der Waals surface area (Å²) < 4.78 is 5.11. The van der Waals surface area contributed by atoms with Crippen molar-refractivity contribution in [3.05, 3.63) is 0 Å². The number of hydrogen-bond donors (Lipinski definition) is 1. The fraction of sp³-hybridized carbons (Fsp3) is 0.900. The van der Waals surface area contributed by atoms with Gasteiger partial charge in [0.1, 0.15) is 0 Å². The predicted octanol–water partition coefficient (Wildman–Crippen LogP) is 0.990. The van der Waals surface area contributed by atoms with Gasteiger partial charge in [0.05, 0.1) is 6.61 Å². The average Bonchev–Trinajstić information content (AvgIpc) is 2.64. The first kappa shape index (κ1) is 9.77. The number of rotatable bonds is 3. The summed E-state index contributed by atoms with van der Waals surface area (Å²) in [5, 5.41) is 8.74. The van der Waals surface area contributed by atoms with Crippen LogP contribution in [0.3, 0.4) is 0 Å². The summed E-state index contributed by atoms with van der Waals surface area (Å²) in [6, 6.07) is 0.378. The number of amides is 1. The van der Waals surface area contributed by atoms with Crippen molar-refractivity contribution in [3.63, 3.8) is 0 Å². The van der Waals surface area contributed by atoms with Crippen molar-refractivity contribution >= 4 is 6.09 Å². The number of carbonyl (C=O) groups excluding carboxylic acids is 1. The van der Waals surface area contributed by atoms with E-state index in [-0.39, 0.29) is 12.7 Å². The molecule has 0 aromatic carbocycles. The zero-order valence-electron chi connectivity index (χ0n) is 8.32. The van der Waals surface area contributed by atoms with Crippen LogP contribution in [0.15, 0.2) is 0 Å². The summed E-state index contributed by atoms with van der Waals surface area (Å²) in [5.41, 5.74) is 0. The van der Waals surface area contributed by atoms with Gasteiger partial charge in [-0.15, -0.1) is 0 Å². The number of ether oxygens (including phenoxy) is 1. The van der Waals surface area contributed by atoms with Gasteiger partial charge < -0.3 is 14.7 Å². The van der Waals surface area contributed by atoms with Gasteiger partial charge in [-0.25, -0.2) is 4.79 Å². The lowest BCUT2D eigenvalue weighted by Crippen LogP contribution is -2.49. The normalized spacial score (nSPS) is 31.5. The average molecular weight is 199 g/mol. The standard InChI is InChI=1S/C10H17NO3/c12-6-2-5-11-9-4-1-3-8(9)7-14-10(11)13/h8-9,12H,1-7H2. The highest BCUT2D eigenvalue weighted by Gasteiger charge is 2.39. The third-order valence-electron chi connectivity index (χ3n) is 3.23. The second kappa shape index (κ2) is 4.17. The second-order valence-electron chi connectivity index (χ2n) is 4.11. The van der Waals surface area contributed by atoms with Crippen LogP contribution in [0.4, 0.5) is 4.79 Å². The molecule has 0 aromatic heterocycles. The minimum atomic E-state index is -0.193. The first-order chi connectivity index (χ1) is 6.83. The van der Waals surface area contributed by atoms with Gasteiger partial charge in [-0.1, -0.05) is 6.42 Å². The van der Waals surface area contributed by atoms with Crippen LogP contribution >= 0.6 is 0 Å². The molecule has 1 N–H and O–H groups in total. The highest BCUT2D eigenvalue weighted by molar-refractivity contribution is 5.69. The molecule has 14 heavy (non-hydrogen) atoms. The fourth-order valence-electron chi connectivity index (χ4n) is 2.52. The summed E-state index contributed by atoms with van der Waals surface area (Å²) in [4.78, 5) is 13.3. The van der Waals surface area contributed by atoms with Gasteiger partial charge in [0.25, 0.3) is 0 Å². The number of aliphatic hydroxyl groups excluding tert-OH is 1. The van der Waals surface area contributed by atoms with E-state index in [1.807, 2.05) is 0 Å². The molecule has 0 spiro atoms. The molecule has 0 radical (unpaired) electrons. The van der Waals surface area contributed by atoms with Gasteiger partial charge in [0.2, 0.25) is 0 Å². The zero-order valence-corrected chi connectivity index (χ0v) is 8.32. The van der Waals surface area contributed by atoms with Crippen LogP contribution in [-0.4, -0.2) is 41.9 Å². The molecule has 0 bridgehead atoms. The number of hydrogen-bond acceptors (Lipinski definition) is 3. The maximum Gasteiger partial charge on any atom is 0.410 e. The summed E-state index contributed by atoms with van der Waals surface area (Å²) >= 11 is 0. The molecule has 2 fully saturated rings. The summed E-state index contributed by atoms with van der Waals surface area (Å²) in [6.45, 7) is 1.37. The Balaban J connectivity index is 1.98. The summed E-state index contributed by atoms with van der Waals surface area (Å²) in [6.07, 6.45) is 3.93. The van der Waals surface area contributed by atoms with E-state index in [4.69, 9.17) is 9.84 Å². The lowest BCUT2D eigenvalue weighted by atomic mass is 10.0. The molecule has 1 aliphatic carbocycles. The van der Waals surface area contributed by atoms with E-state index in [0.717, 1.165) is 6.42 Å². The number of aliphatic hydroxyl groups is 1. The Bertz CT molecular complexity index is 219. The van der Waals surface area contributed by atoms with Crippen molar-refractivity contribution in [2.45, 2.75) is 31.7 Å². The van der Waals surface area contributed by atoms with Gasteiger partial charge in [-0.3, -0.25) is 0 Å². The molecule has 2 unspecified atom stereocenters. The van der Waals surface area contributed by atoms with E-state index in [0.29, 0.717) is 31.5 Å². The van der Waals surface area contributed by atoms with Crippen molar-refractivity contribution < 1.29 is 14.6 Å². The van der Waals surface area contributed by atoms with Crippen molar-refractivity contribution in [2.24, 2.45) is 5.92 Å². The number of cyclic esters (lactones) is 1. The van der Waals surface area contributed by atoms with Crippen LogP contribution in [0, 0.1) is 5.92 Å². The third-order valence-corrected chi connectivity index (χ3v) is 3.23. The Morgan fingerprint density at radius 3 is 3.14 bits per heavy atom. The summed E-state index contributed by atoms with van der Waals surface area (Å²) in [7, 11) is 0. The SMILES string of the molecule is O=C1OCC2CCCC2N1CCCO. The lowest BCUT2D eigenvalue weighted by Gasteiger charge is -2.36. The van der Waals surface area contributed by atoms with Gasteiger partial charge in [0, 0.05) is 25.1 Å². The number of carbonyl (C=O) groups is 1. The maximum absolute atomic E-state index is 11.5. The van der Waals surface area contributed by atoms with E-state index < -0.39 is 0 Å². The summed E-state index contributed by atoms with van der Waals surface area (Å²) in [5.74, 6) is 0.534. The molecule has 1 saturated heterocycles. The molecular formula is C10H17NO3. The third kappa shape index (κ3) is 1.71. The lowest BCUT2D eigenvalue weighted by molar-refractivity contribution is 0.0169. The fourth-order valence-corrected chi connectivity index (χ4v) is 2.52. The van der Waals surface area contributed by atoms with Crippen molar-refractivity contribution in [3.8, 4) is 0 Å². The van der Waals surface area contributed by atoms with E-state index in [1.54, 1.807) is 4.90 Å². The monoisotopic (exact) mass is 199 g/mol. The minimum absolute atomic E-state index is 0.140. The first-order valence-corrected chi connectivity index (χ1v) is 5.37. The van der Waals surface area contributed by atoms with E-state index in [2.05, 4.69) is 0 Å². The Hall–Kier alpha value is -0.770. The molecule has 2 rings (SSSR count). The first-order valence-electron chi connectivity index (χ1n) is 5.37. The molecule has 4 nitrogen and oxygen atoms in total. The van der Waals surface area contributed by atoms with Gasteiger partial charge >= 0.3 is 6.09 Å². The number of fused-ring (bicyclic) bond motifs is 1. The molecule has 0 aromatic rings. The second-order valence-corrected chi connectivity index (χ2v) is 4.11. The van der Waals surface area contributed by atoms with Crippen LogP contribution in [0.25, 0.3) is 0 Å². The van der Waals surface area contributed by atoms with Crippen LogP contribution in [0.1, 0.15) is 25.7 Å². The molecule has 1 saturated carbocycles. The molecular weight excluding hydrogens is 182 g/mol. The highest BCUT2D eigenvalue weighted by atomic mass is 16.6. The highest BCUT2D eigenvalue weighted by Crippen LogP contribution is 2.33. The molecule has 1 aliphatic heterocycles. The van der Waals surface area contributed by atoms with Crippen molar-refractivity contribution in [1.82, 2.24) is 4.90 Å². The topological polar surface area (TPSA) is 49.8 Å². The quantitative estimate of drug-likeness (QED) is 0.737. The predicted molar refractivity (Wildman–Crippen MR) is 50.9 cm³/mol.